The number of nitrogens with one attached hydrogen (secondary N) is 1. The van der Waals surface area contributed by atoms with Crippen LogP contribution >= 0.6 is 27.3 Å². The molecule has 2 heterocycles. The highest BCUT2D eigenvalue weighted by molar-refractivity contribution is 9.11. The summed E-state index contributed by atoms with van der Waals surface area (Å²) in [5.74, 6) is 0.395. The van der Waals surface area contributed by atoms with E-state index in [-0.39, 0.29) is 5.91 Å². The first-order chi connectivity index (χ1) is 11.7. The number of rotatable bonds is 3. The van der Waals surface area contributed by atoms with Crippen molar-refractivity contribution < 1.29 is 9.21 Å². The van der Waals surface area contributed by atoms with Crippen LogP contribution in [0.4, 0.5) is 5.69 Å². The van der Waals surface area contributed by atoms with Crippen molar-refractivity contribution in [1.82, 2.24) is 4.98 Å². The molecule has 0 unspecified atom stereocenters. The Balaban J connectivity index is 1.62. The standard InChI is InChI=1S/C18H11BrN2O2S/c19-16-9-8-15(24-16)17(22)20-12-5-3-4-11(10-12)18-21-13-6-1-2-7-14(13)23-18/h1-10H,(H,20,22). The van der Waals surface area contributed by atoms with Crippen molar-refractivity contribution in [3.05, 3.63) is 69.3 Å². The lowest BCUT2D eigenvalue weighted by molar-refractivity contribution is 0.103. The molecule has 0 radical (unpaired) electrons. The number of amides is 1. The maximum atomic E-state index is 12.3. The molecule has 6 heteroatoms. The Morgan fingerprint density at radius 3 is 2.75 bits per heavy atom. The zero-order valence-electron chi connectivity index (χ0n) is 12.3. The summed E-state index contributed by atoms with van der Waals surface area (Å²) in [6.07, 6.45) is 0. The fourth-order valence-electron chi connectivity index (χ4n) is 2.35. The van der Waals surface area contributed by atoms with Crippen molar-refractivity contribution in [2.24, 2.45) is 0 Å². The molecule has 1 N–H and O–H groups in total. The fourth-order valence-corrected chi connectivity index (χ4v) is 3.64. The molecule has 4 aromatic rings. The fraction of sp³-hybridized carbons (Fsp3) is 0. The van der Waals surface area contributed by atoms with Gasteiger partial charge in [-0.25, -0.2) is 4.98 Å². The number of carbonyl (C=O) groups excluding carboxylic acids is 1. The summed E-state index contributed by atoms with van der Waals surface area (Å²) >= 11 is 4.76. The van der Waals surface area contributed by atoms with E-state index >= 15 is 0 Å². The molecule has 118 valence electrons. The van der Waals surface area contributed by atoms with E-state index in [0.717, 1.165) is 20.4 Å². The predicted molar refractivity (Wildman–Crippen MR) is 99.4 cm³/mol. The number of halogens is 1. The molecule has 0 aliphatic rings. The van der Waals surface area contributed by atoms with E-state index in [4.69, 9.17) is 4.42 Å². The number of thiophene rings is 1. The summed E-state index contributed by atoms with van der Waals surface area (Å²) in [6, 6.07) is 18.7. The van der Waals surface area contributed by atoms with E-state index in [1.165, 1.54) is 11.3 Å². The summed E-state index contributed by atoms with van der Waals surface area (Å²) in [5.41, 5.74) is 3.07. The number of para-hydroxylation sites is 2. The average molecular weight is 399 g/mol. The molecule has 0 bridgehead atoms. The topological polar surface area (TPSA) is 55.1 Å². The van der Waals surface area contributed by atoms with Crippen LogP contribution in [0.2, 0.25) is 0 Å². The molecule has 0 spiro atoms. The molecule has 0 saturated carbocycles. The van der Waals surface area contributed by atoms with Crippen LogP contribution in [0, 0.1) is 0 Å². The molecule has 4 nitrogen and oxygen atoms in total. The maximum absolute atomic E-state index is 12.3. The summed E-state index contributed by atoms with van der Waals surface area (Å²) in [5, 5.41) is 2.90. The quantitative estimate of drug-likeness (QED) is 0.490. The second kappa shape index (κ2) is 6.22. The molecule has 24 heavy (non-hydrogen) atoms. The maximum Gasteiger partial charge on any atom is 0.265 e. The second-order valence-corrected chi connectivity index (χ2v) is 7.59. The van der Waals surface area contributed by atoms with Gasteiger partial charge in [-0.1, -0.05) is 18.2 Å². The number of nitrogens with zero attached hydrogens (tertiary/aromatic N) is 1. The Morgan fingerprint density at radius 2 is 1.96 bits per heavy atom. The molecule has 4 rings (SSSR count). The van der Waals surface area contributed by atoms with Crippen molar-refractivity contribution in [2.75, 3.05) is 5.32 Å². The van der Waals surface area contributed by atoms with E-state index < -0.39 is 0 Å². The lowest BCUT2D eigenvalue weighted by Gasteiger charge is -2.04. The number of hydrogen-bond acceptors (Lipinski definition) is 4. The molecule has 1 amide bonds. The molecule has 0 saturated heterocycles. The second-order valence-electron chi connectivity index (χ2n) is 5.13. The Bertz CT molecular complexity index is 1010. The van der Waals surface area contributed by atoms with Gasteiger partial charge in [0, 0.05) is 11.3 Å². The van der Waals surface area contributed by atoms with E-state index in [9.17, 15) is 4.79 Å². The molecule has 0 fully saturated rings. The zero-order chi connectivity index (χ0) is 16.5. The van der Waals surface area contributed by atoms with E-state index in [2.05, 4.69) is 26.2 Å². The van der Waals surface area contributed by atoms with Crippen LogP contribution in [0.15, 0.2) is 68.9 Å². The number of benzene rings is 2. The van der Waals surface area contributed by atoms with Gasteiger partial charge in [-0.3, -0.25) is 4.79 Å². The highest BCUT2D eigenvalue weighted by Gasteiger charge is 2.11. The number of oxazole rings is 1. The van der Waals surface area contributed by atoms with Gasteiger partial charge in [-0.15, -0.1) is 11.3 Å². The highest BCUT2D eigenvalue weighted by atomic mass is 79.9. The first-order valence-electron chi connectivity index (χ1n) is 7.22. The number of fused-ring (bicyclic) bond motifs is 1. The van der Waals surface area contributed by atoms with Crippen molar-refractivity contribution in [1.29, 1.82) is 0 Å². The predicted octanol–water partition coefficient (Wildman–Crippen LogP) is 5.57. The van der Waals surface area contributed by atoms with Crippen LogP contribution in [0.5, 0.6) is 0 Å². The lowest BCUT2D eigenvalue weighted by Crippen LogP contribution is -2.09. The van der Waals surface area contributed by atoms with Gasteiger partial charge < -0.3 is 9.73 Å². The van der Waals surface area contributed by atoms with Gasteiger partial charge in [0.05, 0.1) is 8.66 Å². The number of aromatic nitrogens is 1. The minimum atomic E-state index is -0.139. The molecular weight excluding hydrogens is 388 g/mol. The highest BCUT2D eigenvalue weighted by Crippen LogP contribution is 2.27. The molecule has 0 atom stereocenters. The van der Waals surface area contributed by atoms with Crippen LogP contribution < -0.4 is 5.32 Å². The summed E-state index contributed by atoms with van der Waals surface area (Å²) < 4.78 is 6.70. The Morgan fingerprint density at radius 1 is 1.08 bits per heavy atom. The zero-order valence-corrected chi connectivity index (χ0v) is 14.7. The van der Waals surface area contributed by atoms with Crippen LogP contribution in [0.25, 0.3) is 22.6 Å². The largest absolute Gasteiger partial charge is 0.436 e. The van der Waals surface area contributed by atoms with Gasteiger partial charge >= 0.3 is 0 Å². The first kappa shape index (κ1) is 15.1. The van der Waals surface area contributed by atoms with Crippen LogP contribution in [-0.4, -0.2) is 10.9 Å². The Labute approximate surface area is 150 Å². The van der Waals surface area contributed by atoms with Gasteiger partial charge in [0.25, 0.3) is 5.91 Å². The molecule has 2 aromatic carbocycles. The van der Waals surface area contributed by atoms with E-state index in [0.29, 0.717) is 16.5 Å². The van der Waals surface area contributed by atoms with Gasteiger partial charge in [0.1, 0.15) is 5.52 Å². The minimum absolute atomic E-state index is 0.139. The first-order valence-corrected chi connectivity index (χ1v) is 8.83. The number of hydrogen-bond donors (Lipinski definition) is 1. The molecule has 2 aromatic heterocycles. The SMILES string of the molecule is O=C(Nc1cccc(-c2nc3ccccc3o2)c1)c1ccc(Br)s1. The minimum Gasteiger partial charge on any atom is -0.436 e. The Hall–Kier alpha value is -2.44. The summed E-state index contributed by atoms with van der Waals surface area (Å²) in [6.45, 7) is 0. The normalized spacial score (nSPS) is 10.9. The third-order valence-electron chi connectivity index (χ3n) is 3.46. The average Bonchev–Trinajstić information content (AvgIpc) is 3.21. The van der Waals surface area contributed by atoms with Crippen LogP contribution in [0.1, 0.15) is 9.67 Å². The van der Waals surface area contributed by atoms with Crippen LogP contribution in [-0.2, 0) is 0 Å². The molecule has 0 aliphatic carbocycles. The van der Waals surface area contributed by atoms with Gasteiger partial charge in [0.15, 0.2) is 5.58 Å². The monoisotopic (exact) mass is 398 g/mol. The smallest absolute Gasteiger partial charge is 0.265 e. The van der Waals surface area contributed by atoms with Crippen LogP contribution in [0.3, 0.4) is 0 Å². The van der Waals surface area contributed by atoms with Crippen molar-refractivity contribution >= 4 is 50.0 Å². The number of carbonyl (C=O) groups is 1. The van der Waals surface area contributed by atoms with Gasteiger partial charge in [-0.2, -0.15) is 0 Å². The third-order valence-corrected chi connectivity index (χ3v) is 5.08. The van der Waals surface area contributed by atoms with Crippen molar-refractivity contribution in [3.63, 3.8) is 0 Å². The van der Waals surface area contributed by atoms with Crippen molar-refractivity contribution in [2.45, 2.75) is 0 Å². The molecular formula is C18H11BrN2O2S. The van der Waals surface area contributed by atoms with E-state index in [1.807, 2.05) is 54.6 Å². The van der Waals surface area contributed by atoms with Gasteiger partial charge in [0.2, 0.25) is 5.89 Å². The Kier molecular flexibility index (Phi) is 3.92. The molecule has 0 aliphatic heterocycles. The third kappa shape index (κ3) is 2.98. The van der Waals surface area contributed by atoms with Crippen molar-refractivity contribution in [3.8, 4) is 11.5 Å². The number of anilines is 1. The summed E-state index contributed by atoms with van der Waals surface area (Å²) in [7, 11) is 0. The summed E-state index contributed by atoms with van der Waals surface area (Å²) in [4.78, 5) is 17.4. The van der Waals surface area contributed by atoms with Gasteiger partial charge in [-0.05, 0) is 58.4 Å². The van der Waals surface area contributed by atoms with E-state index in [1.54, 1.807) is 6.07 Å². The lowest BCUT2D eigenvalue weighted by atomic mass is 10.2.